The first-order valence-electron chi connectivity index (χ1n) is 7.14. The van der Waals surface area contributed by atoms with Gasteiger partial charge >= 0.3 is 0 Å². The Kier molecular flexibility index (Phi) is 2.61. The van der Waals surface area contributed by atoms with E-state index in [1.54, 1.807) is 13.0 Å². The fourth-order valence-electron chi connectivity index (χ4n) is 2.76. The van der Waals surface area contributed by atoms with E-state index >= 15 is 0 Å². The number of carbonyl (C=O) groups is 1. The number of nitrogens with one attached hydrogen (secondary N) is 1. The number of nitrogens with zero attached hydrogens (tertiary/aromatic N) is 2. The van der Waals surface area contributed by atoms with E-state index in [1.807, 2.05) is 0 Å². The van der Waals surface area contributed by atoms with E-state index in [-0.39, 0.29) is 5.91 Å². The number of anilines is 1. The third kappa shape index (κ3) is 1.90. The number of rotatable bonds is 1. The maximum Gasteiger partial charge on any atom is 0.233 e. The number of pyridine rings is 2. The Morgan fingerprint density at radius 3 is 2.73 bits per heavy atom. The number of carbonyl (C=O) groups excluding carboxylic acids is 1. The van der Waals surface area contributed by atoms with Crippen LogP contribution < -0.4 is 5.32 Å². The number of amides is 1. The number of hydrogen-bond donors (Lipinski definition) is 1. The summed E-state index contributed by atoms with van der Waals surface area (Å²) in [6.45, 7) is 1.71. The standard InChI is InChI=1S/C16H13F2N3O/c1-8-14-10(4-9(17)6-20-14)11-7-19-13(16(18)2-3-16)5-12(11)21-15(8)22/h4-8H,2-3H2,1H3,(H,21,22). The van der Waals surface area contributed by atoms with Crippen LogP contribution in [0.5, 0.6) is 0 Å². The molecule has 3 heterocycles. The molecule has 4 rings (SSSR count). The van der Waals surface area contributed by atoms with E-state index in [1.165, 1.54) is 12.3 Å². The third-order valence-corrected chi connectivity index (χ3v) is 4.29. The predicted molar refractivity (Wildman–Crippen MR) is 76.5 cm³/mol. The molecule has 2 aromatic rings. The summed E-state index contributed by atoms with van der Waals surface area (Å²) < 4.78 is 27.8. The van der Waals surface area contributed by atoms with Crippen molar-refractivity contribution >= 4 is 11.6 Å². The van der Waals surface area contributed by atoms with Gasteiger partial charge in [0, 0.05) is 17.3 Å². The smallest absolute Gasteiger partial charge is 0.233 e. The first kappa shape index (κ1) is 13.3. The van der Waals surface area contributed by atoms with Gasteiger partial charge < -0.3 is 5.32 Å². The number of hydrogen-bond acceptors (Lipinski definition) is 3. The molecule has 2 aliphatic rings. The SMILES string of the molecule is CC1C(=O)Nc2cc(C3(F)CC3)ncc2-c2cc(F)cnc21. The summed E-state index contributed by atoms with van der Waals surface area (Å²) in [5, 5.41) is 2.77. The predicted octanol–water partition coefficient (Wildman–Crippen LogP) is 3.30. The molecule has 1 aliphatic carbocycles. The average Bonchev–Trinajstić information content (AvgIpc) is 3.26. The maximum atomic E-state index is 14.2. The van der Waals surface area contributed by atoms with Gasteiger partial charge in [-0.05, 0) is 31.9 Å². The second-order valence-electron chi connectivity index (χ2n) is 5.88. The van der Waals surface area contributed by atoms with Crippen molar-refractivity contribution in [3.05, 3.63) is 41.7 Å². The van der Waals surface area contributed by atoms with Gasteiger partial charge in [0.2, 0.25) is 5.91 Å². The fraction of sp³-hybridized carbons (Fsp3) is 0.312. The lowest BCUT2D eigenvalue weighted by Crippen LogP contribution is -2.18. The number of halogens is 2. The molecule has 1 amide bonds. The number of alkyl halides is 1. The molecule has 0 radical (unpaired) electrons. The summed E-state index contributed by atoms with van der Waals surface area (Å²) in [6.07, 6.45) is 3.46. The van der Waals surface area contributed by atoms with Crippen molar-refractivity contribution < 1.29 is 13.6 Å². The van der Waals surface area contributed by atoms with Crippen molar-refractivity contribution in [3.63, 3.8) is 0 Å². The minimum atomic E-state index is -1.39. The Hall–Kier alpha value is -2.37. The second-order valence-corrected chi connectivity index (χ2v) is 5.88. The van der Waals surface area contributed by atoms with E-state index < -0.39 is 17.4 Å². The van der Waals surface area contributed by atoms with Crippen molar-refractivity contribution in [2.75, 3.05) is 5.32 Å². The molecule has 0 aromatic carbocycles. The van der Waals surface area contributed by atoms with E-state index in [4.69, 9.17) is 0 Å². The van der Waals surface area contributed by atoms with Gasteiger partial charge in [0.15, 0.2) is 5.67 Å². The Bertz CT molecular complexity index is 802. The van der Waals surface area contributed by atoms with Gasteiger partial charge in [-0.3, -0.25) is 14.8 Å². The van der Waals surface area contributed by atoms with Crippen molar-refractivity contribution in [2.45, 2.75) is 31.4 Å². The number of fused-ring (bicyclic) bond motifs is 3. The molecule has 1 N–H and O–H groups in total. The molecule has 0 spiro atoms. The topological polar surface area (TPSA) is 54.9 Å². The summed E-state index contributed by atoms with van der Waals surface area (Å²) in [6, 6.07) is 2.88. The highest BCUT2D eigenvalue weighted by atomic mass is 19.1. The highest BCUT2D eigenvalue weighted by Gasteiger charge is 2.47. The Morgan fingerprint density at radius 2 is 2.00 bits per heavy atom. The quantitative estimate of drug-likeness (QED) is 0.879. The van der Waals surface area contributed by atoms with E-state index in [0.29, 0.717) is 41.0 Å². The van der Waals surface area contributed by atoms with E-state index in [2.05, 4.69) is 15.3 Å². The second kappa shape index (κ2) is 4.32. The van der Waals surface area contributed by atoms with Crippen LogP contribution in [0.4, 0.5) is 14.5 Å². The molecular weight excluding hydrogens is 288 g/mol. The van der Waals surface area contributed by atoms with Crippen molar-refractivity contribution in [3.8, 4) is 11.1 Å². The van der Waals surface area contributed by atoms with Crippen LogP contribution in [0.1, 0.15) is 37.1 Å². The lowest BCUT2D eigenvalue weighted by molar-refractivity contribution is -0.117. The van der Waals surface area contributed by atoms with Crippen LogP contribution in [-0.4, -0.2) is 15.9 Å². The van der Waals surface area contributed by atoms with E-state index in [9.17, 15) is 13.6 Å². The fourth-order valence-corrected chi connectivity index (χ4v) is 2.76. The monoisotopic (exact) mass is 301 g/mol. The molecule has 0 bridgehead atoms. The zero-order chi connectivity index (χ0) is 15.5. The van der Waals surface area contributed by atoms with Crippen LogP contribution in [0.3, 0.4) is 0 Å². The van der Waals surface area contributed by atoms with Gasteiger partial charge in [0.05, 0.1) is 29.2 Å². The Labute approximate surface area is 125 Å². The Balaban J connectivity index is 1.94. The highest BCUT2D eigenvalue weighted by Crippen LogP contribution is 2.50. The molecule has 1 fully saturated rings. The summed E-state index contributed by atoms with van der Waals surface area (Å²) in [5.74, 6) is -1.26. The molecule has 22 heavy (non-hydrogen) atoms. The van der Waals surface area contributed by atoms with Crippen LogP contribution in [0.15, 0.2) is 24.5 Å². The zero-order valence-corrected chi connectivity index (χ0v) is 11.9. The number of aromatic nitrogens is 2. The van der Waals surface area contributed by atoms with Crippen LogP contribution in [0.2, 0.25) is 0 Å². The molecule has 1 saturated carbocycles. The lowest BCUT2D eigenvalue weighted by atomic mass is 9.98. The van der Waals surface area contributed by atoms with Gasteiger partial charge in [-0.2, -0.15) is 0 Å². The molecule has 6 heteroatoms. The molecule has 2 aromatic heterocycles. The summed E-state index contributed by atoms with van der Waals surface area (Å²) in [7, 11) is 0. The first-order chi connectivity index (χ1) is 10.5. The van der Waals surface area contributed by atoms with Crippen LogP contribution in [0.25, 0.3) is 11.1 Å². The zero-order valence-electron chi connectivity index (χ0n) is 11.9. The Morgan fingerprint density at radius 1 is 1.23 bits per heavy atom. The minimum Gasteiger partial charge on any atom is -0.325 e. The molecule has 0 saturated heterocycles. The van der Waals surface area contributed by atoms with Crippen molar-refractivity contribution in [1.82, 2.24) is 9.97 Å². The third-order valence-electron chi connectivity index (χ3n) is 4.29. The lowest BCUT2D eigenvalue weighted by Gasteiger charge is -2.11. The molecule has 1 unspecified atom stereocenters. The molecular formula is C16H13F2N3O. The molecule has 112 valence electrons. The van der Waals surface area contributed by atoms with Crippen LogP contribution >= 0.6 is 0 Å². The van der Waals surface area contributed by atoms with Crippen LogP contribution in [-0.2, 0) is 10.5 Å². The first-order valence-corrected chi connectivity index (χ1v) is 7.14. The van der Waals surface area contributed by atoms with Gasteiger partial charge in [-0.1, -0.05) is 0 Å². The largest absolute Gasteiger partial charge is 0.325 e. The van der Waals surface area contributed by atoms with Crippen molar-refractivity contribution in [2.24, 2.45) is 0 Å². The van der Waals surface area contributed by atoms with Gasteiger partial charge in [0.25, 0.3) is 0 Å². The van der Waals surface area contributed by atoms with Gasteiger partial charge in [0.1, 0.15) is 5.82 Å². The molecule has 1 aliphatic heterocycles. The highest BCUT2D eigenvalue weighted by molar-refractivity contribution is 6.02. The summed E-state index contributed by atoms with van der Waals surface area (Å²) in [4.78, 5) is 20.5. The van der Waals surface area contributed by atoms with Crippen LogP contribution in [0, 0.1) is 5.82 Å². The van der Waals surface area contributed by atoms with Gasteiger partial charge in [-0.25, -0.2) is 8.78 Å². The summed E-state index contributed by atoms with van der Waals surface area (Å²) >= 11 is 0. The van der Waals surface area contributed by atoms with Crippen molar-refractivity contribution in [1.29, 1.82) is 0 Å². The van der Waals surface area contributed by atoms with E-state index in [0.717, 1.165) is 6.20 Å². The molecule has 4 nitrogen and oxygen atoms in total. The maximum absolute atomic E-state index is 14.2. The minimum absolute atomic E-state index is 0.250. The normalized spacial score (nSPS) is 21.4. The average molecular weight is 301 g/mol. The van der Waals surface area contributed by atoms with Gasteiger partial charge in [-0.15, -0.1) is 0 Å². The molecule has 1 atom stereocenters. The summed E-state index contributed by atoms with van der Waals surface area (Å²) in [5.41, 5.74) is 0.953.